The van der Waals surface area contributed by atoms with Crippen molar-refractivity contribution in [1.29, 1.82) is 0 Å². The van der Waals surface area contributed by atoms with Gasteiger partial charge in [0.1, 0.15) is 5.75 Å². The Morgan fingerprint density at radius 1 is 1.33 bits per heavy atom. The van der Waals surface area contributed by atoms with E-state index in [4.69, 9.17) is 4.74 Å². The maximum atomic E-state index is 5.30. The molecular formula is C13H13NO. The summed E-state index contributed by atoms with van der Waals surface area (Å²) in [6.45, 7) is 0. The average molecular weight is 199 g/mol. The summed E-state index contributed by atoms with van der Waals surface area (Å²) in [5.41, 5.74) is 2.44. The second kappa shape index (κ2) is 3.23. The van der Waals surface area contributed by atoms with Gasteiger partial charge in [0.05, 0.1) is 12.6 Å². The van der Waals surface area contributed by atoms with Crippen LogP contribution in [0.3, 0.4) is 0 Å². The van der Waals surface area contributed by atoms with Gasteiger partial charge < -0.3 is 4.74 Å². The van der Waals surface area contributed by atoms with E-state index in [0.29, 0.717) is 0 Å². The Kier molecular flexibility index (Phi) is 1.88. The van der Waals surface area contributed by atoms with Crippen molar-refractivity contribution in [1.82, 2.24) is 4.98 Å². The number of fused-ring (bicyclic) bond motifs is 1. The highest BCUT2D eigenvalue weighted by Crippen LogP contribution is 2.44. The maximum absolute atomic E-state index is 5.30. The zero-order valence-electron chi connectivity index (χ0n) is 8.73. The molecule has 0 saturated heterocycles. The summed E-state index contributed by atoms with van der Waals surface area (Å²) in [5, 5.41) is 1.28. The Morgan fingerprint density at radius 3 is 2.93 bits per heavy atom. The standard InChI is InChI=1S/C13H13NO/c1-15-10-7-12(9-4-5-9)11-3-2-6-14-13(11)8-10/h2-3,6-9H,4-5H2,1H3. The van der Waals surface area contributed by atoms with Gasteiger partial charge in [-0.1, -0.05) is 6.07 Å². The number of hydrogen-bond acceptors (Lipinski definition) is 2. The van der Waals surface area contributed by atoms with Crippen LogP contribution in [0.2, 0.25) is 0 Å². The molecule has 0 spiro atoms. The monoisotopic (exact) mass is 199 g/mol. The Balaban J connectivity index is 2.28. The van der Waals surface area contributed by atoms with E-state index in [0.717, 1.165) is 17.2 Å². The first-order valence-corrected chi connectivity index (χ1v) is 5.31. The van der Waals surface area contributed by atoms with Crippen molar-refractivity contribution in [3.8, 4) is 5.75 Å². The lowest BCUT2D eigenvalue weighted by Gasteiger charge is -2.07. The third-order valence-corrected chi connectivity index (χ3v) is 2.98. The number of benzene rings is 1. The molecule has 1 aliphatic rings. The fraction of sp³-hybridized carbons (Fsp3) is 0.308. The number of rotatable bonds is 2. The van der Waals surface area contributed by atoms with Gasteiger partial charge in [0.25, 0.3) is 0 Å². The molecule has 1 saturated carbocycles. The summed E-state index contributed by atoms with van der Waals surface area (Å²) < 4.78 is 5.30. The number of aromatic nitrogens is 1. The van der Waals surface area contributed by atoms with Crippen molar-refractivity contribution in [2.45, 2.75) is 18.8 Å². The average Bonchev–Trinajstić information content (AvgIpc) is 3.11. The number of pyridine rings is 1. The van der Waals surface area contributed by atoms with Gasteiger partial charge in [-0.05, 0) is 36.5 Å². The highest BCUT2D eigenvalue weighted by atomic mass is 16.5. The van der Waals surface area contributed by atoms with Crippen molar-refractivity contribution >= 4 is 10.9 Å². The van der Waals surface area contributed by atoms with Crippen molar-refractivity contribution in [2.24, 2.45) is 0 Å². The first-order valence-electron chi connectivity index (χ1n) is 5.31. The Bertz CT molecular complexity index is 503. The minimum atomic E-state index is 0.729. The van der Waals surface area contributed by atoms with Gasteiger partial charge in [-0.2, -0.15) is 0 Å². The second-order valence-corrected chi connectivity index (χ2v) is 4.06. The van der Waals surface area contributed by atoms with E-state index < -0.39 is 0 Å². The van der Waals surface area contributed by atoms with Crippen LogP contribution in [0, 0.1) is 0 Å². The quantitative estimate of drug-likeness (QED) is 0.741. The van der Waals surface area contributed by atoms with Crippen LogP contribution in [0.1, 0.15) is 24.3 Å². The third kappa shape index (κ3) is 1.46. The lowest BCUT2D eigenvalue weighted by atomic mass is 10.0. The molecule has 0 bridgehead atoms. The van der Waals surface area contributed by atoms with E-state index in [9.17, 15) is 0 Å². The highest BCUT2D eigenvalue weighted by Gasteiger charge is 2.26. The number of nitrogens with zero attached hydrogens (tertiary/aromatic N) is 1. The minimum Gasteiger partial charge on any atom is -0.497 e. The molecule has 1 aromatic carbocycles. The molecule has 2 nitrogen and oxygen atoms in total. The van der Waals surface area contributed by atoms with E-state index in [-0.39, 0.29) is 0 Å². The van der Waals surface area contributed by atoms with Gasteiger partial charge in [0, 0.05) is 17.6 Å². The number of ether oxygens (including phenoxy) is 1. The molecule has 1 aromatic heterocycles. The summed E-state index contributed by atoms with van der Waals surface area (Å²) >= 11 is 0. The van der Waals surface area contributed by atoms with Crippen LogP contribution in [-0.2, 0) is 0 Å². The molecule has 0 unspecified atom stereocenters. The third-order valence-electron chi connectivity index (χ3n) is 2.98. The molecule has 1 heterocycles. The normalized spacial score (nSPS) is 15.5. The smallest absolute Gasteiger partial charge is 0.121 e. The van der Waals surface area contributed by atoms with Gasteiger partial charge in [-0.3, -0.25) is 4.98 Å². The molecule has 1 fully saturated rings. The summed E-state index contributed by atoms with van der Waals surface area (Å²) in [5.74, 6) is 1.65. The van der Waals surface area contributed by atoms with E-state index in [1.807, 2.05) is 18.3 Å². The lowest BCUT2D eigenvalue weighted by Crippen LogP contribution is -1.89. The van der Waals surface area contributed by atoms with Crippen LogP contribution in [0.4, 0.5) is 0 Å². The van der Waals surface area contributed by atoms with E-state index >= 15 is 0 Å². The van der Waals surface area contributed by atoms with E-state index in [2.05, 4.69) is 17.1 Å². The summed E-state index contributed by atoms with van der Waals surface area (Å²) in [4.78, 5) is 4.38. The zero-order valence-corrected chi connectivity index (χ0v) is 8.73. The van der Waals surface area contributed by atoms with Crippen LogP contribution in [-0.4, -0.2) is 12.1 Å². The van der Waals surface area contributed by atoms with Gasteiger partial charge in [0.15, 0.2) is 0 Å². The van der Waals surface area contributed by atoms with Crippen LogP contribution in [0.5, 0.6) is 5.75 Å². The van der Waals surface area contributed by atoms with Crippen LogP contribution in [0.15, 0.2) is 30.5 Å². The lowest BCUT2D eigenvalue weighted by molar-refractivity contribution is 0.415. The van der Waals surface area contributed by atoms with Crippen LogP contribution in [0.25, 0.3) is 10.9 Å². The molecule has 0 radical (unpaired) electrons. The van der Waals surface area contributed by atoms with Crippen LogP contribution < -0.4 is 4.74 Å². The number of hydrogen-bond donors (Lipinski definition) is 0. The molecule has 15 heavy (non-hydrogen) atoms. The molecule has 0 amide bonds. The van der Waals surface area contributed by atoms with Crippen molar-refractivity contribution in [2.75, 3.05) is 7.11 Å². The molecule has 1 aliphatic carbocycles. The Morgan fingerprint density at radius 2 is 2.20 bits per heavy atom. The minimum absolute atomic E-state index is 0.729. The molecule has 76 valence electrons. The number of methoxy groups -OCH3 is 1. The maximum Gasteiger partial charge on any atom is 0.121 e. The molecule has 2 heteroatoms. The first kappa shape index (κ1) is 8.72. The Labute approximate surface area is 88.9 Å². The van der Waals surface area contributed by atoms with Gasteiger partial charge in [0.2, 0.25) is 0 Å². The SMILES string of the molecule is COc1cc(C2CC2)c2cccnc2c1. The topological polar surface area (TPSA) is 22.1 Å². The second-order valence-electron chi connectivity index (χ2n) is 4.06. The molecule has 0 N–H and O–H groups in total. The van der Waals surface area contributed by atoms with E-state index in [1.165, 1.54) is 23.8 Å². The van der Waals surface area contributed by atoms with Crippen molar-refractivity contribution in [3.63, 3.8) is 0 Å². The zero-order chi connectivity index (χ0) is 10.3. The Hall–Kier alpha value is -1.57. The molecule has 3 rings (SSSR count). The van der Waals surface area contributed by atoms with Crippen molar-refractivity contribution < 1.29 is 4.74 Å². The highest BCUT2D eigenvalue weighted by molar-refractivity contribution is 5.84. The molecule has 0 atom stereocenters. The molecule has 0 aliphatic heterocycles. The summed E-state index contributed by atoms with van der Waals surface area (Å²) in [6, 6.07) is 8.30. The predicted molar refractivity (Wildman–Crippen MR) is 60.3 cm³/mol. The first-order chi connectivity index (χ1) is 7.38. The fourth-order valence-electron chi connectivity index (χ4n) is 2.03. The van der Waals surface area contributed by atoms with E-state index in [1.54, 1.807) is 7.11 Å². The van der Waals surface area contributed by atoms with Gasteiger partial charge in [-0.15, -0.1) is 0 Å². The fourth-order valence-corrected chi connectivity index (χ4v) is 2.03. The molecule has 2 aromatic rings. The largest absolute Gasteiger partial charge is 0.497 e. The summed E-state index contributed by atoms with van der Waals surface area (Å²) in [6.07, 6.45) is 4.44. The van der Waals surface area contributed by atoms with Crippen molar-refractivity contribution in [3.05, 3.63) is 36.0 Å². The molecular weight excluding hydrogens is 186 g/mol. The predicted octanol–water partition coefficient (Wildman–Crippen LogP) is 3.12. The van der Waals surface area contributed by atoms with Crippen LogP contribution >= 0.6 is 0 Å². The van der Waals surface area contributed by atoms with Gasteiger partial charge in [-0.25, -0.2) is 0 Å². The van der Waals surface area contributed by atoms with Gasteiger partial charge >= 0.3 is 0 Å². The summed E-state index contributed by atoms with van der Waals surface area (Å²) in [7, 11) is 1.71.